The molecule has 7 nitrogen and oxygen atoms in total. The van der Waals surface area contributed by atoms with Gasteiger partial charge in [-0.25, -0.2) is 9.59 Å². The first-order valence-electron chi connectivity index (χ1n) is 7.27. The van der Waals surface area contributed by atoms with Crippen molar-refractivity contribution < 1.29 is 29.6 Å². The van der Waals surface area contributed by atoms with E-state index in [1.165, 1.54) is 18.2 Å². The maximum atomic E-state index is 11.5. The third-order valence-corrected chi connectivity index (χ3v) is 2.98. The number of alkyl carbamates (subject to hydrolysis) is 1. The highest BCUT2D eigenvalue weighted by Gasteiger charge is 2.23. The van der Waals surface area contributed by atoms with Crippen LogP contribution in [0.3, 0.4) is 0 Å². The van der Waals surface area contributed by atoms with Crippen LogP contribution in [0.5, 0.6) is 0 Å². The lowest BCUT2D eigenvalue weighted by Gasteiger charge is -2.21. The lowest BCUT2D eigenvalue weighted by molar-refractivity contribution is 0.0115. The van der Waals surface area contributed by atoms with E-state index in [0.717, 1.165) is 0 Å². The number of aromatic carboxylic acids is 1. The topological polar surface area (TPSA) is 116 Å². The average molecular weight is 325 g/mol. The van der Waals surface area contributed by atoms with Crippen LogP contribution in [-0.4, -0.2) is 45.6 Å². The van der Waals surface area contributed by atoms with Crippen LogP contribution >= 0.6 is 0 Å². The lowest BCUT2D eigenvalue weighted by atomic mass is 9.97. The molecule has 128 valence electrons. The normalized spacial score (nSPS) is 14.0. The van der Waals surface area contributed by atoms with Crippen molar-refractivity contribution in [3.05, 3.63) is 35.4 Å². The second-order valence-corrected chi connectivity index (χ2v) is 6.12. The summed E-state index contributed by atoms with van der Waals surface area (Å²) in [6, 6.07) is 5.91. The Bertz CT molecular complexity index is 552. The molecule has 0 fully saturated rings. The highest BCUT2D eigenvalue weighted by molar-refractivity contribution is 5.89. The Morgan fingerprint density at radius 3 is 2.39 bits per heavy atom. The molecule has 0 bridgehead atoms. The van der Waals surface area contributed by atoms with Gasteiger partial charge < -0.3 is 25.4 Å². The SMILES string of the molecule is CC(C)(C)OC(=O)NCCC(O)C(O)c1ccccc1C(=O)O. The van der Waals surface area contributed by atoms with E-state index in [2.05, 4.69) is 5.32 Å². The minimum atomic E-state index is -1.36. The maximum Gasteiger partial charge on any atom is 0.407 e. The van der Waals surface area contributed by atoms with Gasteiger partial charge in [0, 0.05) is 6.54 Å². The molecule has 0 saturated carbocycles. The fraction of sp³-hybridized carbons (Fsp3) is 0.500. The number of rotatable bonds is 6. The molecule has 1 aromatic rings. The maximum absolute atomic E-state index is 11.5. The van der Waals surface area contributed by atoms with Gasteiger partial charge in [-0.3, -0.25) is 0 Å². The molecule has 0 aliphatic rings. The predicted octanol–water partition coefficient (Wildman–Crippen LogP) is 1.69. The number of aliphatic hydroxyl groups is 2. The van der Waals surface area contributed by atoms with Crippen molar-refractivity contribution >= 4 is 12.1 Å². The number of hydrogen-bond acceptors (Lipinski definition) is 5. The standard InChI is InChI=1S/C16H23NO6/c1-16(2,3)23-15(22)17-9-8-12(18)13(19)10-6-4-5-7-11(10)14(20)21/h4-7,12-13,18-19H,8-9H2,1-3H3,(H,17,22)(H,20,21). The Kier molecular flexibility index (Phi) is 6.53. The summed E-state index contributed by atoms with van der Waals surface area (Å²) in [4.78, 5) is 22.6. The second kappa shape index (κ2) is 7.94. The molecule has 0 aliphatic heterocycles. The van der Waals surface area contributed by atoms with E-state index in [9.17, 15) is 19.8 Å². The molecule has 2 unspecified atom stereocenters. The van der Waals surface area contributed by atoms with E-state index < -0.39 is 29.9 Å². The molecular formula is C16H23NO6. The molecule has 7 heteroatoms. The van der Waals surface area contributed by atoms with E-state index in [0.29, 0.717) is 0 Å². The Balaban J connectivity index is 2.57. The van der Waals surface area contributed by atoms with Gasteiger partial charge in [-0.15, -0.1) is 0 Å². The van der Waals surface area contributed by atoms with E-state index in [1.807, 2.05) is 0 Å². The van der Waals surface area contributed by atoms with Gasteiger partial charge >= 0.3 is 12.1 Å². The molecule has 0 heterocycles. The fourth-order valence-corrected chi connectivity index (χ4v) is 1.95. The summed E-state index contributed by atoms with van der Waals surface area (Å²) in [5.41, 5.74) is -0.563. The average Bonchev–Trinajstić information content (AvgIpc) is 2.44. The molecule has 2 atom stereocenters. The quantitative estimate of drug-likeness (QED) is 0.632. The van der Waals surface area contributed by atoms with Crippen molar-refractivity contribution in [2.45, 2.75) is 45.0 Å². The molecular weight excluding hydrogens is 302 g/mol. The zero-order chi connectivity index (χ0) is 17.6. The van der Waals surface area contributed by atoms with Crippen LogP contribution in [0, 0.1) is 0 Å². The monoisotopic (exact) mass is 325 g/mol. The third kappa shape index (κ3) is 6.25. The zero-order valence-corrected chi connectivity index (χ0v) is 13.4. The first-order chi connectivity index (χ1) is 10.6. The number of carboxylic acid groups (broad SMARTS) is 1. The first kappa shape index (κ1) is 18.9. The Labute approximate surface area is 134 Å². The number of amides is 1. The number of ether oxygens (including phenoxy) is 1. The zero-order valence-electron chi connectivity index (χ0n) is 13.4. The number of benzene rings is 1. The van der Waals surface area contributed by atoms with E-state index in [1.54, 1.807) is 26.8 Å². The van der Waals surface area contributed by atoms with Crippen LogP contribution < -0.4 is 5.32 Å². The molecule has 0 saturated heterocycles. The number of carbonyl (C=O) groups is 2. The van der Waals surface area contributed by atoms with Crippen LogP contribution in [0.1, 0.15) is 49.2 Å². The molecule has 0 aliphatic carbocycles. The lowest BCUT2D eigenvalue weighted by Crippen LogP contribution is -2.34. The summed E-state index contributed by atoms with van der Waals surface area (Å²) in [6.07, 6.45) is -3.15. The van der Waals surface area contributed by atoms with Crippen LogP contribution in [0.15, 0.2) is 24.3 Å². The first-order valence-corrected chi connectivity index (χ1v) is 7.27. The van der Waals surface area contributed by atoms with Gasteiger partial charge in [-0.05, 0) is 38.8 Å². The molecule has 1 aromatic carbocycles. The molecule has 1 rings (SSSR count). The Morgan fingerprint density at radius 1 is 1.22 bits per heavy atom. The summed E-state index contributed by atoms with van der Waals surface area (Å²) in [6.45, 7) is 5.28. The van der Waals surface area contributed by atoms with Crippen molar-refractivity contribution in [2.75, 3.05) is 6.54 Å². The smallest absolute Gasteiger partial charge is 0.407 e. The Hall–Kier alpha value is -2.12. The molecule has 0 spiro atoms. The van der Waals surface area contributed by atoms with Crippen molar-refractivity contribution in [3.8, 4) is 0 Å². The van der Waals surface area contributed by atoms with Gasteiger partial charge in [0.1, 0.15) is 11.7 Å². The van der Waals surface area contributed by atoms with Crippen molar-refractivity contribution in [2.24, 2.45) is 0 Å². The van der Waals surface area contributed by atoms with E-state index >= 15 is 0 Å². The van der Waals surface area contributed by atoms with Crippen LogP contribution in [0.2, 0.25) is 0 Å². The molecule has 1 amide bonds. The minimum Gasteiger partial charge on any atom is -0.478 e. The predicted molar refractivity (Wildman–Crippen MR) is 83.2 cm³/mol. The van der Waals surface area contributed by atoms with Crippen molar-refractivity contribution in [3.63, 3.8) is 0 Å². The Morgan fingerprint density at radius 2 is 1.83 bits per heavy atom. The number of nitrogens with one attached hydrogen (secondary N) is 1. The molecule has 0 radical (unpaired) electrons. The summed E-state index contributed by atoms with van der Waals surface area (Å²) < 4.78 is 5.04. The van der Waals surface area contributed by atoms with Gasteiger partial charge in [-0.1, -0.05) is 18.2 Å². The third-order valence-electron chi connectivity index (χ3n) is 2.98. The van der Waals surface area contributed by atoms with Crippen molar-refractivity contribution in [1.29, 1.82) is 0 Å². The van der Waals surface area contributed by atoms with E-state index in [-0.39, 0.29) is 24.1 Å². The van der Waals surface area contributed by atoms with Crippen LogP contribution in [-0.2, 0) is 4.74 Å². The largest absolute Gasteiger partial charge is 0.478 e. The van der Waals surface area contributed by atoms with Gasteiger partial charge in [0.2, 0.25) is 0 Å². The van der Waals surface area contributed by atoms with Gasteiger partial charge in [0.25, 0.3) is 0 Å². The molecule has 23 heavy (non-hydrogen) atoms. The highest BCUT2D eigenvalue weighted by Crippen LogP contribution is 2.22. The fourth-order valence-electron chi connectivity index (χ4n) is 1.95. The van der Waals surface area contributed by atoms with Gasteiger partial charge in [0.15, 0.2) is 0 Å². The highest BCUT2D eigenvalue weighted by atomic mass is 16.6. The van der Waals surface area contributed by atoms with Gasteiger partial charge in [0.05, 0.1) is 11.7 Å². The van der Waals surface area contributed by atoms with Crippen LogP contribution in [0.25, 0.3) is 0 Å². The van der Waals surface area contributed by atoms with E-state index in [4.69, 9.17) is 9.84 Å². The molecule has 0 aromatic heterocycles. The summed E-state index contributed by atoms with van der Waals surface area (Å²) >= 11 is 0. The van der Waals surface area contributed by atoms with Crippen LogP contribution in [0.4, 0.5) is 4.79 Å². The summed E-state index contributed by atoms with van der Waals surface area (Å²) in [7, 11) is 0. The number of hydrogen-bond donors (Lipinski definition) is 4. The van der Waals surface area contributed by atoms with Crippen molar-refractivity contribution in [1.82, 2.24) is 5.32 Å². The minimum absolute atomic E-state index is 0.0500. The number of aliphatic hydroxyl groups excluding tert-OH is 2. The van der Waals surface area contributed by atoms with Gasteiger partial charge in [-0.2, -0.15) is 0 Å². The number of carbonyl (C=O) groups excluding carboxylic acids is 1. The molecule has 4 N–H and O–H groups in total. The summed E-state index contributed by atoms with van der Waals surface area (Å²) in [5.74, 6) is -1.18. The second-order valence-electron chi connectivity index (χ2n) is 6.12. The number of carboxylic acids is 1. The summed E-state index contributed by atoms with van der Waals surface area (Å²) in [5, 5.41) is 31.7.